The maximum absolute atomic E-state index is 11.4. The number of nitro groups is 1. The number of nitrogens with zero attached hydrogens (tertiary/aromatic N) is 4. The molecule has 0 aromatic carbocycles. The van der Waals surface area contributed by atoms with Crippen LogP contribution < -0.4 is 10.6 Å². The van der Waals surface area contributed by atoms with Crippen LogP contribution in [0.1, 0.15) is 39.5 Å². The number of likely N-dealkylation sites (tertiary alicyclic amines) is 1. The van der Waals surface area contributed by atoms with Gasteiger partial charge in [0.2, 0.25) is 11.6 Å². The standard InChI is InChI=1S/C15H26N6O2/c1-3-12(2)19-15-13(21(22)23)14(17-11-18-15)16-7-10-20-8-5-4-6-9-20/h11-12H,3-10H2,1-2H3,(H2,16,17,18,19). The topological polar surface area (TPSA) is 96.2 Å². The van der Waals surface area contributed by atoms with Crippen molar-refractivity contribution in [2.75, 3.05) is 36.8 Å². The summed E-state index contributed by atoms with van der Waals surface area (Å²) in [5.41, 5.74) is -0.0774. The van der Waals surface area contributed by atoms with Crippen molar-refractivity contribution in [1.29, 1.82) is 0 Å². The van der Waals surface area contributed by atoms with Gasteiger partial charge in [-0.15, -0.1) is 0 Å². The monoisotopic (exact) mass is 322 g/mol. The van der Waals surface area contributed by atoms with Crippen molar-refractivity contribution >= 4 is 17.3 Å². The van der Waals surface area contributed by atoms with E-state index in [0.29, 0.717) is 6.54 Å². The van der Waals surface area contributed by atoms with Crippen LogP contribution >= 0.6 is 0 Å². The Labute approximate surface area is 136 Å². The van der Waals surface area contributed by atoms with Crippen molar-refractivity contribution in [1.82, 2.24) is 14.9 Å². The van der Waals surface area contributed by atoms with Crippen LogP contribution in [0, 0.1) is 10.1 Å². The molecule has 1 aromatic heterocycles. The van der Waals surface area contributed by atoms with E-state index in [1.165, 1.54) is 25.6 Å². The lowest BCUT2D eigenvalue weighted by atomic mass is 10.1. The summed E-state index contributed by atoms with van der Waals surface area (Å²) in [6.45, 7) is 7.70. The highest BCUT2D eigenvalue weighted by atomic mass is 16.6. The second-order valence-corrected chi connectivity index (χ2v) is 5.96. The van der Waals surface area contributed by atoms with Gasteiger partial charge in [0.15, 0.2) is 0 Å². The lowest BCUT2D eigenvalue weighted by Gasteiger charge is -2.26. The molecule has 1 aromatic rings. The number of piperidine rings is 1. The number of hydrogen-bond acceptors (Lipinski definition) is 7. The predicted octanol–water partition coefficient (Wildman–Crippen LogP) is 2.49. The quantitative estimate of drug-likeness (QED) is 0.560. The first-order valence-electron chi connectivity index (χ1n) is 8.34. The molecule has 0 bridgehead atoms. The molecule has 1 saturated heterocycles. The van der Waals surface area contributed by atoms with Crippen LogP contribution in [0.2, 0.25) is 0 Å². The Morgan fingerprint density at radius 3 is 2.65 bits per heavy atom. The number of nitrogens with one attached hydrogen (secondary N) is 2. The Hall–Kier alpha value is -1.96. The van der Waals surface area contributed by atoms with Crippen molar-refractivity contribution in [2.45, 2.75) is 45.6 Å². The van der Waals surface area contributed by atoms with Crippen LogP contribution in [0.3, 0.4) is 0 Å². The molecule has 8 heteroatoms. The summed E-state index contributed by atoms with van der Waals surface area (Å²) >= 11 is 0. The van der Waals surface area contributed by atoms with Crippen molar-refractivity contribution in [3.63, 3.8) is 0 Å². The van der Waals surface area contributed by atoms with E-state index in [2.05, 4.69) is 25.5 Å². The molecule has 1 fully saturated rings. The first kappa shape index (κ1) is 17.4. The third kappa shape index (κ3) is 5.02. The molecule has 0 spiro atoms. The van der Waals surface area contributed by atoms with Gasteiger partial charge in [0.05, 0.1) is 4.92 Å². The minimum atomic E-state index is -0.423. The van der Waals surface area contributed by atoms with Gasteiger partial charge in [-0.2, -0.15) is 0 Å². The zero-order valence-corrected chi connectivity index (χ0v) is 13.9. The third-order valence-electron chi connectivity index (χ3n) is 4.17. The maximum Gasteiger partial charge on any atom is 0.353 e. The molecule has 1 atom stereocenters. The fraction of sp³-hybridized carbons (Fsp3) is 0.733. The number of anilines is 2. The average molecular weight is 322 g/mol. The largest absolute Gasteiger partial charge is 0.363 e. The van der Waals surface area contributed by atoms with Crippen molar-refractivity contribution < 1.29 is 4.92 Å². The Morgan fingerprint density at radius 1 is 1.30 bits per heavy atom. The Balaban J connectivity index is 2.01. The smallest absolute Gasteiger partial charge is 0.353 e. The van der Waals surface area contributed by atoms with E-state index in [9.17, 15) is 10.1 Å². The molecule has 2 heterocycles. The fourth-order valence-electron chi connectivity index (χ4n) is 2.64. The van der Waals surface area contributed by atoms with Gasteiger partial charge in [-0.1, -0.05) is 13.3 Å². The van der Waals surface area contributed by atoms with Crippen molar-refractivity contribution in [2.24, 2.45) is 0 Å². The molecular weight excluding hydrogens is 296 g/mol. The summed E-state index contributed by atoms with van der Waals surface area (Å²) in [6.07, 6.45) is 5.99. The van der Waals surface area contributed by atoms with Crippen LogP contribution in [-0.2, 0) is 0 Å². The van der Waals surface area contributed by atoms with E-state index in [0.717, 1.165) is 26.1 Å². The van der Waals surface area contributed by atoms with E-state index in [4.69, 9.17) is 0 Å². The normalized spacial score (nSPS) is 16.8. The molecule has 1 unspecified atom stereocenters. The van der Waals surface area contributed by atoms with E-state index in [1.807, 2.05) is 13.8 Å². The van der Waals surface area contributed by atoms with Gasteiger partial charge in [-0.3, -0.25) is 10.1 Å². The molecule has 0 amide bonds. The van der Waals surface area contributed by atoms with Gasteiger partial charge in [0, 0.05) is 19.1 Å². The first-order chi connectivity index (χ1) is 11.1. The molecule has 1 aliphatic rings. The SMILES string of the molecule is CCC(C)Nc1ncnc(NCCN2CCCCC2)c1[N+](=O)[O-]. The summed E-state index contributed by atoms with van der Waals surface area (Å²) in [5.74, 6) is 0.563. The van der Waals surface area contributed by atoms with E-state index in [1.54, 1.807) is 0 Å². The Morgan fingerprint density at radius 2 is 2.00 bits per heavy atom. The van der Waals surface area contributed by atoms with Crippen LogP contribution in [0.4, 0.5) is 17.3 Å². The summed E-state index contributed by atoms with van der Waals surface area (Å²) in [7, 11) is 0. The van der Waals surface area contributed by atoms with Gasteiger partial charge >= 0.3 is 5.69 Å². The van der Waals surface area contributed by atoms with Gasteiger partial charge in [-0.25, -0.2) is 9.97 Å². The molecule has 23 heavy (non-hydrogen) atoms. The summed E-state index contributed by atoms with van der Waals surface area (Å²) in [6, 6.07) is 0.116. The van der Waals surface area contributed by atoms with Crippen molar-refractivity contribution in [3.8, 4) is 0 Å². The number of hydrogen-bond donors (Lipinski definition) is 2. The van der Waals surface area contributed by atoms with Crippen LogP contribution in [0.15, 0.2) is 6.33 Å². The number of aromatic nitrogens is 2. The third-order valence-corrected chi connectivity index (χ3v) is 4.17. The van der Waals surface area contributed by atoms with Gasteiger partial charge < -0.3 is 15.5 Å². The molecular formula is C15H26N6O2. The molecule has 2 rings (SSSR count). The fourth-order valence-corrected chi connectivity index (χ4v) is 2.64. The molecule has 1 aliphatic heterocycles. The molecule has 2 N–H and O–H groups in total. The van der Waals surface area contributed by atoms with Crippen LogP contribution in [0.25, 0.3) is 0 Å². The van der Waals surface area contributed by atoms with E-state index >= 15 is 0 Å². The second kappa shape index (κ2) is 8.61. The van der Waals surface area contributed by atoms with Gasteiger partial charge in [0.25, 0.3) is 0 Å². The lowest BCUT2D eigenvalue weighted by Crippen LogP contribution is -2.33. The first-order valence-corrected chi connectivity index (χ1v) is 8.34. The summed E-state index contributed by atoms with van der Waals surface area (Å²) < 4.78 is 0. The highest BCUT2D eigenvalue weighted by Crippen LogP contribution is 2.29. The Bertz CT molecular complexity index is 519. The molecule has 0 aliphatic carbocycles. The van der Waals surface area contributed by atoms with Crippen molar-refractivity contribution in [3.05, 3.63) is 16.4 Å². The minimum Gasteiger partial charge on any atom is -0.363 e. The van der Waals surface area contributed by atoms with Crippen LogP contribution in [0.5, 0.6) is 0 Å². The Kier molecular flexibility index (Phi) is 6.52. The highest BCUT2D eigenvalue weighted by Gasteiger charge is 2.23. The van der Waals surface area contributed by atoms with Gasteiger partial charge in [-0.05, 0) is 39.3 Å². The maximum atomic E-state index is 11.4. The minimum absolute atomic E-state index is 0.0774. The van der Waals surface area contributed by atoms with E-state index < -0.39 is 4.92 Å². The van der Waals surface area contributed by atoms with E-state index in [-0.39, 0.29) is 23.4 Å². The molecule has 128 valence electrons. The summed E-state index contributed by atoms with van der Waals surface area (Å²) in [4.78, 5) is 21.5. The lowest BCUT2D eigenvalue weighted by molar-refractivity contribution is -0.383. The second-order valence-electron chi connectivity index (χ2n) is 5.96. The zero-order valence-electron chi connectivity index (χ0n) is 13.9. The number of rotatable bonds is 8. The molecule has 0 saturated carbocycles. The summed E-state index contributed by atoms with van der Waals surface area (Å²) in [5, 5.41) is 17.6. The predicted molar refractivity (Wildman–Crippen MR) is 90.8 cm³/mol. The highest BCUT2D eigenvalue weighted by molar-refractivity contribution is 5.69. The molecule has 0 radical (unpaired) electrons. The molecule has 8 nitrogen and oxygen atoms in total. The van der Waals surface area contributed by atoms with Crippen LogP contribution in [-0.4, -0.2) is 52.0 Å². The zero-order chi connectivity index (χ0) is 16.7. The average Bonchev–Trinajstić information content (AvgIpc) is 2.55. The van der Waals surface area contributed by atoms with Gasteiger partial charge in [0.1, 0.15) is 6.33 Å².